The predicted octanol–water partition coefficient (Wildman–Crippen LogP) is 1.90. The highest BCUT2D eigenvalue weighted by atomic mass is 16.7. The van der Waals surface area contributed by atoms with Gasteiger partial charge in [0.2, 0.25) is 6.79 Å². The first-order valence-corrected chi connectivity index (χ1v) is 13.3. The number of nitrogens with zero attached hydrogens (tertiary/aromatic N) is 2. The molecule has 198 valence electrons. The van der Waals surface area contributed by atoms with Crippen molar-refractivity contribution >= 4 is 16.9 Å². The van der Waals surface area contributed by atoms with Gasteiger partial charge in [-0.3, -0.25) is 4.79 Å². The molecule has 10 heteroatoms. The molecule has 38 heavy (non-hydrogen) atoms. The monoisotopic (exact) mass is 518 g/mol. The number of benzene rings is 1. The molecule has 0 unspecified atom stereocenters. The van der Waals surface area contributed by atoms with E-state index in [9.17, 15) is 14.7 Å². The maximum Gasteiger partial charge on any atom is 0.343 e. The van der Waals surface area contributed by atoms with E-state index in [2.05, 4.69) is 10.6 Å². The molecule has 1 atom stereocenters. The number of hydrogen-bond acceptors (Lipinski definition) is 9. The Bertz CT molecular complexity index is 1540. The summed E-state index contributed by atoms with van der Waals surface area (Å²) in [6, 6.07) is 5.61. The van der Waals surface area contributed by atoms with Crippen LogP contribution in [0.1, 0.15) is 48.4 Å². The van der Waals surface area contributed by atoms with Gasteiger partial charge in [0.05, 0.1) is 29.0 Å². The molecule has 0 amide bonds. The summed E-state index contributed by atoms with van der Waals surface area (Å²) in [7, 11) is 0. The first-order valence-electron chi connectivity index (χ1n) is 13.3. The van der Waals surface area contributed by atoms with Gasteiger partial charge in [-0.05, 0) is 62.5 Å². The number of nitrogens with one attached hydrogen (secondary N) is 2. The fourth-order valence-corrected chi connectivity index (χ4v) is 6.24. The lowest BCUT2D eigenvalue weighted by Gasteiger charge is -2.31. The van der Waals surface area contributed by atoms with Crippen LogP contribution in [-0.2, 0) is 34.8 Å². The third-order valence-electron chi connectivity index (χ3n) is 8.49. The van der Waals surface area contributed by atoms with Crippen molar-refractivity contribution in [3.63, 3.8) is 0 Å². The van der Waals surface area contributed by atoms with E-state index in [-0.39, 0.29) is 25.4 Å². The molecule has 1 aromatic carbocycles. The topological polar surface area (TPSA) is 124 Å². The van der Waals surface area contributed by atoms with Gasteiger partial charge in [-0.2, -0.15) is 0 Å². The molecule has 3 aromatic rings. The second kappa shape index (κ2) is 8.79. The van der Waals surface area contributed by atoms with Gasteiger partial charge in [-0.25, -0.2) is 9.78 Å². The van der Waals surface area contributed by atoms with Gasteiger partial charge < -0.3 is 34.5 Å². The summed E-state index contributed by atoms with van der Waals surface area (Å²) in [4.78, 5) is 31.1. The normalized spacial score (nSPS) is 21.8. The molecule has 0 spiro atoms. The van der Waals surface area contributed by atoms with Gasteiger partial charge in [0.25, 0.3) is 5.56 Å². The minimum absolute atomic E-state index is 0.106. The fraction of sp³-hybridized carbons (Fsp3) is 0.464. The molecule has 6 heterocycles. The molecule has 4 aliphatic rings. The average Bonchev–Trinajstić information content (AvgIpc) is 3.54. The number of piperidine rings is 1. The van der Waals surface area contributed by atoms with E-state index in [0.29, 0.717) is 53.0 Å². The van der Waals surface area contributed by atoms with Crippen LogP contribution >= 0.6 is 0 Å². The summed E-state index contributed by atoms with van der Waals surface area (Å²) in [6.07, 6.45) is 2.40. The van der Waals surface area contributed by atoms with Crippen molar-refractivity contribution in [3.05, 3.63) is 50.8 Å². The van der Waals surface area contributed by atoms with Gasteiger partial charge in [-0.1, -0.05) is 6.92 Å². The lowest BCUT2D eigenvalue weighted by molar-refractivity contribution is -0.172. The maximum atomic E-state index is 13.6. The van der Waals surface area contributed by atoms with Crippen molar-refractivity contribution in [2.24, 2.45) is 5.92 Å². The van der Waals surface area contributed by atoms with Crippen LogP contribution in [-0.4, -0.2) is 47.1 Å². The average molecular weight is 519 g/mol. The van der Waals surface area contributed by atoms with Crippen LogP contribution in [0.5, 0.6) is 11.5 Å². The molecule has 4 aliphatic heterocycles. The standard InChI is InChI=1S/C28H30N4O6/c1-2-28(35)20-8-22-25-18(12-32(22)26(33)19(20)13-36-27(28)34)17(11-30-10-15-3-5-29-6-4-15)16-7-23-24(38-14-37-23)9-21(16)31-25/h7-9,15,29-30,35H,2-6,10-14H2,1H3/t28-/m0/s1. The summed E-state index contributed by atoms with van der Waals surface area (Å²) >= 11 is 0. The summed E-state index contributed by atoms with van der Waals surface area (Å²) in [5.74, 6) is 1.22. The number of pyridine rings is 2. The van der Waals surface area contributed by atoms with Crippen LogP contribution in [0.25, 0.3) is 22.3 Å². The van der Waals surface area contributed by atoms with Crippen molar-refractivity contribution in [2.75, 3.05) is 26.4 Å². The molecule has 3 N–H and O–H groups in total. The van der Waals surface area contributed by atoms with Crippen LogP contribution in [0, 0.1) is 5.92 Å². The van der Waals surface area contributed by atoms with Crippen LogP contribution < -0.4 is 25.7 Å². The van der Waals surface area contributed by atoms with Crippen LogP contribution in [0.15, 0.2) is 23.0 Å². The van der Waals surface area contributed by atoms with E-state index in [1.165, 1.54) is 0 Å². The van der Waals surface area contributed by atoms with Gasteiger partial charge in [-0.15, -0.1) is 0 Å². The molecule has 0 radical (unpaired) electrons. The van der Waals surface area contributed by atoms with Crippen molar-refractivity contribution in [1.29, 1.82) is 0 Å². The van der Waals surface area contributed by atoms with Gasteiger partial charge in [0, 0.05) is 29.1 Å². The molecule has 1 saturated heterocycles. The molecule has 0 saturated carbocycles. The Hall–Kier alpha value is -3.47. The molecule has 10 nitrogen and oxygen atoms in total. The molecular weight excluding hydrogens is 488 g/mol. The number of fused-ring (bicyclic) bond motifs is 6. The highest BCUT2D eigenvalue weighted by molar-refractivity contribution is 5.91. The molecule has 1 fully saturated rings. The summed E-state index contributed by atoms with van der Waals surface area (Å²) in [5.41, 5.74) is 2.58. The maximum absolute atomic E-state index is 13.6. The number of aliphatic hydroxyl groups is 1. The van der Waals surface area contributed by atoms with Crippen molar-refractivity contribution in [2.45, 2.75) is 51.5 Å². The van der Waals surface area contributed by atoms with E-state index in [1.807, 2.05) is 12.1 Å². The van der Waals surface area contributed by atoms with Crippen molar-refractivity contribution in [1.82, 2.24) is 20.2 Å². The zero-order valence-electron chi connectivity index (χ0n) is 21.3. The highest BCUT2D eigenvalue weighted by Crippen LogP contribution is 2.43. The first-order chi connectivity index (χ1) is 18.5. The first kappa shape index (κ1) is 23.6. The van der Waals surface area contributed by atoms with Crippen LogP contribution in [0.4, 0.5) is 0 Å². The SMILES string of the molecule is CC[C@@]1(O)C(=O)OCc2c1cc1n(c2=O)Cc2c-1nc1cc3c(cc1c2CNCC1CCNCC1)OCO3. The van der Waals surface area contributed by atoms with Crippen molar-refractivity contribution in [3.8, 4) is 22.9 Å². The Morgan fingerprint density at radius 2 is 1.92 bits per heavy atom. The number of carbonyl (C=O) groups is 1. The predicted molar refractivity (Wildman–Crippen MR) is 138 cm³/mol. The number of esters is 1. The summed E-state index contributed by atoms with van der Waals surface area (Å²) in [5, 5.41) is 19.2. The van der Waals surface area contributed by atoms with Gasteiger partial charge in [0.1, 0.15) is 6.61 Å². The minimum Gasteiger partial charge on any atom is -0.458 e. The number of carbonyl (C=O) groups excluding carboxylic acids is 1. The lowest BCUT2D eigenvalue weighted by Crippen LogP contribution is -2.44. The van der Waals surface area contributed by atoms with E-state index in [1.54, 1.807) is 17.6 Å². The van der Waals surface area contributed by atoms with Crippen LogP contribution in [0.2, 0.25) is 0 Å². The Kier molecular flexibility index (Phi) is 5.47. The molecular formula is C28H30N4O6. The summed E-state index contributed by atoms with van der Waals surface area (Å²) in [6.45, 7) is 5.71. The number of cyclic esters (lactones) is 1. The third-order valence-corrected chi connectivity index (χ3v) is 8.49. The molecule has 7 rings (SSSR count). The largest absolute Gasteiger partial charge is 0.458 e. The third kappa shape index (κ3) is 3.47. The summed E-state index contributed by atoms with van der Waals surface area (Å²) < 4.78 is 18.2. The Balaban J connectivity index is 1.36. The number of ether oxygens (including phenoxy) is 3. The fourth-order valence-electron chi connectivity index (χ4n) is 6.24. The lowest BCUT2D eigenvalue weighted by atomic mass is 9.86. The second-order valence-electron chi connectivity index (χ2n) is 10.6. The number of aromatic nitrogens is 2. The number of rotatable bonds is 5. The zero-order valence-corrected chi connectivity index (χ0v) is 21.3. The quantitative estimate of drug-likeness (QED) is 0.340. The van der Waals surface area contributed by atoms with E-state index >= 15 is 0 Å². The Morgan fingerprint density at radius 1 is 1.13 bits per heavy atom. The smallest absolute Gasteiger partial charge is 0.343 e. The zero-order chi connectivity index (χ0) is 26.0. The Labute approximate surface area is 218 Å². The molecule has 0 aliphatic carbocycles. The molecule has 0 bridgehead atoms. The van der Waals surface area contributed by atoms with E-state index in [0.717, 1.165) is 54.5 Å². The van der Waals surface area contributed by atoms with Crippen molar-refractivity contribution < 1.29 is 24.1 Å². The number of hydrogen-bond donors (Lipinski definition) is 3. The Morgan fingerprint density at radius 3 is 2.71 bits per heavy atom. The second-order valence-corrected chi connectivity index (χ2v) is 10.6. The highest BCUT2D eigenvalue weighted by Gasteiger charge is 2.45. The van der Waals surface area contributed by atoms with Gasteiger partial charge >= 0.3 is 5.97 Å². The van der Waals surface area contributed by atoms with E-state index < -0.39 is 11.6 Å². The van der Waals surface area contributed by atoms with E-state index in [4.69, 9.17) is 19.2 Å². The van der Waals surface area contributed by atoms with Gasteiger partial charge in [0.15, 0.2) is 17.1 Å². The van der Waals surface area contributed by atoms with Crippen LogP contribution in [0.3, 0.4) is 0 Å². The molecule has 2 aromatic heterocycles. The minimum atomic E-state index is -1.85.